The second-order valence-corrected chi connectivity index (χ2v) is 5.95. The number of methoxy groups -OCH3 is 1. The van der Waals surface area contributed by atoms with Gasteiger partial charge in [0, 0.05) is 0 Å². The largest absolute Gasteiger partial charge is 0.493 e. The Morgan fingerprint density at radius 1 is 1.03 bits per heavy atom. The Balaban J connectivity index is 1.89. The van der Waals surface area contributed by atoms with Gasteiger partial charge in [-0.1, -0.05) is 42.5 Å². The van der Waals surface area contributed by atoms with Crippen LogP contribution in [0.15, 0.2) is 58.1 Å². The van der Waals surface area contributed by atoms with Crippen molar-refractivity contribution >= 4 is 17.8 Å². The lowest BCUT2D eigenvalue weighted by molar-refractivity contribution is -0.386. The van der Waals surface area contributed by atoms with Crippen molar-refractivity contribution in [3.8, 4) is 11.5 Å². The normalized spacial score (nSPS) is 10.8. The molecule has 1 aromatic heterocycles. The molecular formula is C20H17N3O6. The zero-order valence-corrected chi connectivity index (χ0v) is 15.4. The lowest BCUT2D eigenvalue weighted by Crippen LogP contribution is -2.25. The SMILES string of the molecule is COc1ccc(/C=C/c2[nH]c(=O)[nH]c(=O)c2[N+](=O)[O-])cc1OCc1ccccc1. The van der Waals surface area contributed by atoms with Crippen molar-refractivity contribution in [2.75, 3.05) is 7.11 Å². The van der Waals surface area contributed by atoms with E-state index in [1.165, 1.54) is 19.3 Å². The highest BCUT2D eigenvalue weighted by Crippen LogP contribution is 2.29. The summed E-state index contributed by atoms with van der Waals surface area (Å²) in [6, 6.07) is 14.7. The van der Waals surface area contributed by atoms with E-state index in [1.54, 1.807) is 18.2 Å². The van der Waals surface area contributed by atoms with Crippen LogP contribution in [0.5, 0.6) is 11.5 Å². The molecule has 0 saturated heterocycles. The minimum Gasteiger partial charge on any atom is -0.493 e. The fourth-order valence-corrected chi connectivity index (χ4v) is 2.62. The summed E-state index contributed by atoms with van der Waals surface area (Å²) in [4.78, 5) is 37.5. The molecule has 0 fully saturated rings. The van der Waals surface area contributed by atoms with Gasteiger partial charge in [0.05, 0.1) is 12.0 Å². The third kappa shape index (κ3) is 4.78. The number of aromatic nitrogens is 2. The van der Waals surface area contributed by atoms with Gasteiger partial charge in [-0.25, -0.2) is 4.79 Å². The molecule has 0 saturated carbocycles. The maximum Gasteiger partial charge on any atom is 0.357 e. The molecule has 3 aromatic rings. The van der Waals surface area contributed by atoms with E-state index in [2.05, 4.69) is 4.98 Å². The van der Waals surface area contributed by atoms with Crippen LogP contribution in [0.3, 0.4) is 0 Å². The van der Waals surface area contributed by atoms with Crippen molar-refractivity contribution < 1.29 is 14.4 Å². The van der Waals surface area contributed by atoms with Gasteiger partial charge in [0.2, 0.25) is 0 Å². The lowest BCUT2D eigenvalue weighted by Gasteiger charge is -2.11. The molecule has 0 spiro atoms. The van der Waals surface area contributed by atoms with Crippen LogP contribution in [0.2, 0.25) is 0 Å². The van der Waals surface area contributed by atoms with Crippen LogP contribution >= 0.6 is 0 Å². The van der Waals surface area contributed by atoms with Gasteiger partial charge in [-0.3, -0.25) is 19.9 Å². The predicted molar refractivity (Wildman–Crippen MR) is 107 cm³/mol. The van der Waals surface area contributed by atoms with E-state index in [-0.39, 0.29) is 5.69 Å². The highest BCUT2D eigenvalue weighted by atomic mass is 16.6. The number of hydrogen-bond acceptors (Lipinski definition) is 6. The van der Waals surface area contributed by atoms with E-state index >= 15 is 0 Å². The summed E-state index contributed by atoms with van der Waals surface area (Å²) >= 11 is 0. The van der Waals surface area contributed by atoms with Crippen LogP contribution in [0, 0.1) is 10.1 Å². The van der Waals surface area contributed by atoms with Gasteiger partial charge < -0.3 is 14.5 Å². The highest BCUT2D eigenvalue weighted by Gasteiger charge is 2.18. The van der Waals surface area contributed by atoms with E-state index in [1.807, 2.05) is 35.3 Å². The summed E-state index contributed by atoms with van der Waals surface area (Å²) < 4.78 is 11.1. The van der Waals surface area contributed by atoms with Gasteiger partial charge in [0.1, 0.15) is 12.3 Å². The van der Waals surface area contributed by atoms with E-state index in [0.29, 0.717) is 23.7 Å². The number of hydrogen-bond donors (Lipinski definition) is 2. The second-order valence-electron chi connectivity index (χ2n) is 5.95. The second kappa shape index (κ2) is 8.70. The number of benzene rings is 2. The monoisotopic (exact) mass is 395 g/mol. The molecule has 0 aliphatic carbocycles. The van der Waals surface area contributed by atoms with Crippen molar-refractivity contribution in [3.05, 3.63) is 96.3 Å². The van der Waals surface area contributed by atoms with Crippen LogP contribution in [-0.2, 0) is 6.61 Å². The van der Waals surface area contributed by atoms with Crippen molar-refractivity contribution in [2.24, 2.45) is 0 Å². The molecule has 29 heavy (non-hydrogen) atoms. The third-order valence-electron chi connectivity index (χ3n) is 4.00. The van der Waals surface area contributed by atoms with Crippen LogP contribution < -0.4 is 20.7 Å². The molecule has 0 radical (unpaired) electrons. The minimum absolute atomic E-state index is 0.202. The van der Waals surface area contributed by atoms with E-state index in [9.17, 15) is 19.7 Å². The molecule has 0 bridgehead atoms. The Kier molecular flexibility index (Phi) is 5.88. The van der Waals surface area contributed by atoms with Crippen LogP contribution in [0.4, 0.5) is 5.69 Å². The van der Waals surface area contributed by atoms with Crippen LogP contribution in [0.25, 0.3) is 12.2 Å². The Bertz CT molecular complexity index is 1160. The zero-order valence-electron chi connectivity index (χ0n) is 15.4. The Labute approximate surface area is 164 Å². The van der Waals surface area contributed by atoms with Crippen LogP contribution in [0.1, 0.15) is 16.8 Å². The van der Waals surface area contributed by atoms with Gasteiger partial charge in [0.25, 0.3) is 0 Å². The predicted octanol–water partition coefficient (Wildman–Crippen LogP) is 2.73. The van der Waals surface area contributed by atoms with Gasteiger partial charge in [-0.15, -0.1) is 0 Å². The van der Waals surface area contributed by atoms with Crippen molar-refractivity contribution in [1.82, 2.24) is 9.97 Å². The van der Waals surface area contributed by atoms with Gasteiger partial charge in [0.15, 0.2) is 11.5 Å². The Morgan fingerprint density at radius 2 is 1.79 bits per heavy atom. The fraction of sp³-hybridized carbons (Fsp3) is 0.100. The molecule has 2 aromatic carbocycles. The van der Waals surface area contributed by atoms with Gasteiger partial charge in [-0.2, -0.15) is 0 Å². The summed E-state index contributed by atoms with van der Waals surface area (Å²) in [7, 11) is 1.52. The van der Waals surface area contributed by atoms with Crippen molar-refractivity contribution in [3.63, 3.8) is 0 Å². The van der Waals surface area contributed by atoms with E-state index < -0.39 is 21.9 Å². The molecule has 1 heterocycles. The van der Waals surface area contributed by atoms with Gasteiger partial charge in [-0.05, 0) is 29.3 Å². The Morgan fingerprint density at radius 3 is 2.48 bits per heavy atom. The lowest BCUT2D eigenvalue weighted by atomic mass is 10.1. The summed E-state index contributed by atoms with van der Waals surface area (Å²) in [5, 5.41) is 11.1. The van der Waals surface area contributed by atoms with Crippen LogP contribution in [-0.4, -0.2) is 22.0 Å². The fourth-order valence-electron chi connectivity index (χ4n) is 2.62. The molecule has 0 amide bonds. The molecule has 9 heteroatoms. The summed E-state index contributed by atoms with van der Waals surface area (Å²) in [5.41, 5.74) is -1.24. The first kappa shape index (κ1) is 19.6. The molecule has 0 aliphatic rings. The maximum absolute atomic E-state index is 11.7. The van der Waals surface area contributed by atoms with E-state index in [0.717, 1.165) is 5.56 Å². The highest BCUT2D eigenvalue weighted by molar-refractivity contribution is 5.72. The quantitative estimate of drug-likeness (QED) is 0.468. The smallest absolute Gasteiger partial charge is 0.357 e. The first-order chi connectivity index (χ1) is 14.0. The molecule has 0 atom stereocenters. The number of nitrogens with one attached hydrogen (secondary N) is 2. The topological polar surface area (TPSA) is 127 Å². The number of nitro groups is 1. The maximum atomic E-state index is 11.7. The Hall–Kier alpha value is -4.14. The molecule has 0 unspecified atom stereocenters. The minimum atomic E-state index is -1.07. The zero-order chi connectivity index (χ0) is 20.8. The summed E-state index contributed by atoms with van der Waals surface area (Å²) in [6.07, 6.45) is 2.81. The molecule has 2 N–H and O–H groups in total. The van der Waals surface area contributed by atoms with Gasteiger partial charge >= 0.3 is 16.9 Å². The number of ether oxygens (including phenoxy) is 2. The molecule has 0 aliphatic heterocycles. The number of H-pyrrole nitrogens is 2. The summed E-state index contributed by atoms with van der Waals surface area (Å²) in [6.45, 7) is 0.331. The number of rotatable bonds is 7. The average Bonchev–Trinajstić information content (AvgIpc) is 2.70. The van der Waals surface area contributed by atoms with E-state index in [4.69, 9.17) is 9.47 Å². The average molecular weight is 395 g/mol. The molecule has 9 nitrogen and oxygen atoms in total. The summed E-state index contributed by atoms with van der Waals surface area (Å²) in [5.74, 6) is 1.00. The first-order valence-electron chi connectivity index (χ1n) is 8.52. The molecular weight excluding hydrogens is 378 g/mol. The number of aromatic amines is 2. The van der Waals surface area contributed by atoms with Crippen molar-refractivity contribution in [2.45, 2.75) is 6.61 Å². The first-order valence-corrected chi connectivity index (χ1v) is 8.52. The standard InChI is InChI=1S/C20H17N3O6/c1-28-16-10-8-13(11-17(16)29-12-14-5-3-2-4-6-14)7-9-15-18(23(26)27)19(24)22-20(25)21-15/h2-11H,12H2,1H3,(H2,21,22,24,25)/b9-7+. The molecule has 3 rings (SSSR count). The third-order valence-corrected chi connectivity index (χ3v) is 4.00. The molecule has 148 valence electrons. The number of nitrogens with zero attached hydrogens (tertiary/aromatic N) is 1. The van der Waals surface area contributed by atoms with Crippen molar-refractivity contribution in [1.29, 1.82) is 0 Å².